The van der Waals surface area contributed by atoms with Crippen LogP contribution in [-0.4, -0.2) is 38.8 Å². The zero-order chi connectivity index (χ0) is 14.2. The van der Waals surface area contributed by atoms with Crippen LogP contribution in [-0.2, 0) is 4.74 Å². The summed E-state index contributed by atoms with van der Waals surface area (Å²) in [6.07, 6.45) is 0. The molecule has 2 rings (SSSR count). The second-order valence-electron chi connectivity index (χ2n) is 6.15. The smallest absolute Gasteiger partial charge is 0.0575 e. The number of hydrogen-bond acceptors (Lipinski definition) is 3. The standard InChI is InChI=1S/C16H26N2O/c1-11-6-7-14(13(3)12(11)2)15(18(4)5)16(8-17)9-19-10-16/h6-7,15H,8-10,17H2,1-5H3. The molecule has 0 saturated carbocycles. The third-order valence-electron chi connectivity index (χ3n) is 4.68. The molecule has 0 spiro atoms. The van der Waals surface area contributed by atoms with Crippen LogP contribution in [0.2, 0.25) is 0 Å². The average molecular weight is 262 g/mol. The Morgan fingerprint density at radius 2 is 1.84 bits per heavy atom. The van der Waals surface area contributed by atoms with Gasteiger partial charge in [-0.1, -0.05) is 12.1 Å². The van der Waals surface area contributed by atoms with Crippen molar-refractivity contribution in [1.82, 2.24) is 4.90 Å². The summed E-state index contributed by atoms with van der Waals surface area (Å²) in [5, 5.41) is 0. The van der Waals surface area contributed by atoms with Crippen molar-refractivity contribution in [2.24, 2.45) is 11.1 Å². The highest BCUT2D eigenvalue weighted by atomic mass is 16.5. The molecule has 3 nitrogen and oxygen atoms in total. The summed E-state index contributed by atoms with van der Waals surface area (Å²) < 4.78 is 5.47. The van der Waals surface area contributed by atoms with Crippen molar-refractivity contribution in [1.29, 1.82) is 0 Å². The second kappa shape index (κ2) is 5.23. The largest absolute Gasteiger partial charge is 0.380 e. The van der Waals surface area contributed by atoms with Crippen LogP contribution in [0.4, 0.5) is 0 Å². The predicted octanol–water partition coefficient (Wildman–Crippen LogP) is 2.19. The molecule has 1 aromatic rings. The van der Waals surface area contributed by atoms with Crippen molar-refractivity contribution in [2.75, 3.05) is 33.9 Å². The zero-order valence-corrected chi connectivity index (χ0v) is 12.8. The van der Waals surface area contributed by atoms with Gasteiger partial charge in [-0.3, -0.25) is 0 Å². The van der Waals surface area contributed by atoms with Crippen molar-refractivity contribution in [3.05, 3.63) is 34.4 Å². The molecular weight excluding hydrogens is 236 g/mol. The molecule has 0 aliphatic carbocycles. The minimum Gasteiger partial charge on any atom is -0.380 e. The fourth-order valence-electron chi connectivity index (χ4n) is 3.18. The first kappa shape index (κ1) is 14.5. The highest BCUT2D eigenvalue weighted by Gasteiger charge is 2.46. The SMILES string of the molecule is Cc1ccc(C(N(C)C)C2(CN)COC2)c(C)c1C. The van der Waals surface area contributed by atoms with Crippen LogP contribution in [0.1, 0.15) is 28.3 Å². The third-order valence-corrected chi connectivity index (χ3v) is 4.68. The van der Waals surface area contributed by atoms with Gasteiger partial charge in [0.25, 0.3) is 0 Å². The van der Waals surface area contributed by atoms with Gasteiger partial charge in [-0.25, -0.2) is 0 Å². The van der Waals surface area contributed by atoms with Gasteiger partial charge in [0.15, 0.2) is 0 Å². The molecule has 1 aliphatic heterocycles. The lowest BCUT2D eigenvalue weighted by Gasteiger charge is -2.49. The molecule has 1 fully saturated rings. The Kier molecular flexibility index (Phi) is 4.00. The van der Waals surface area contributed by atoms with E-state index in [1.807, 2.05) is 0 Å². The molecule has 0 aromatic heterocycles. The molecule has 1 atom stereocenters. The quantitative estimate of drug-likeness (QED) is 0.904. The molecule has 0 bridgehead atoms. The number of rotatable bonds is 4. The Hall–Kier alpha value is -0.900. The van der Waals surface area contributed by atoms with Crippen LogP contribution < -0.4 is 5.73 Å². The zero-order valence-electron chi connectivity index (χ0n) is 12.8. The average Bonchev–Trinajstić information content (AvgIpc) is 2.32. The highest BCUT2D eigenvalue weighted by molar-refractivity contribution is 5.41. The van der Waals surface area contributed by atoms with Crippen LogP contribution in [0, 0.1) is 26.2 Å². The van der Waals surface area contributed by atoms with Crippen LogP contribution in [0.25, 0.3) is 0 Å². The van der Waals surface area contributed by atoms with Gasteiger partial charge >= 0.3 is 0 Å². The lowest BCUT2D eigenvalue weighted by atomic mass is 9.73. The Balaban J connectivity index is 2.49. The Labute approximate surface area is 116 Å². The van der Waals surface area contributed by atoms with Crippen LogP contribution in [0.3, 0.4) is 0 Å². The summed E-state index contributed by atoms with van der Waals surface area (Å²) in [5.74, 6) is 0. The monoisotopic (exact) mass is 262 g/mol. The van der Waals surface area contributed by atoms with Gasteiger partial charge in [-0.2, -0.15) is 0 Å². The predicted molar refractivity (Wildman–Crippen MR) is 79.4 cm³/mol. The summed E-state index contributed by atoms with van der Waals surface area (Å²) in [6.45, 7) is 8.78. The van der Waals surface area contributed by atoms with Crippen molar-refractivity contribution in [3.8, 4) is 0 Å². The molecule has 1 aliphatic rings. The summed E-state index contributed by atoms with van der Waals surface area (Å²) in [4.78, 5) is 2.28. The highest BCUT2D eigenvalue weighted by Crippen LogP contribution is 2.44. The van der Waals surface area contributed by atoms with E-state index < -0.39 is 0 Å². The molecule has 106 valence electrons. The summed E-state index contributed by atoms with van der Waals surface area (Å²) in [6, 6.07) is 4.81. The van der Waals surface area contributed by atoms with Gasteiger partial charge in [0.05, 0.1) is 13.2 Å². The summed E-state index contributed by atoms with van der Waals surface area (Å²) in [5.41, 5.74) is 11.6. The molecule has 2 N–H and O–H groups in total. The van der Waals surface area contributed by atoms with Crippen LogP contribution in [0.5, 0.6) is 0 Å². The van der Waals surface area contributed by atoms with E-state index in [4.69, 9.17) is 10.5 Å². The minimum atomic E-state index is 0.0654. The molecule has 0 amide bonds. The van der Waals surface area contributed by atoms with E-state index in [1.54, 1.807) is 0 Å². The number of ether oxygens (including phenoxy) is 1. The first-order valence-electron chi connectivity index (χ1n) is 6.94. The lowest BCUT2D eigenvalue weighted by Crippen LogP contribution is -2.56. The summed E-state index contributed by atoms with van der Waals surface area (Å²) in [7, 11) is 4.27. The number of hydrogen-bond donors (Lipinski definition) is 1. The van der Waals surface area contributed by atoms with Gasteiger partial charge < -0.3 is 15.4 Å². The normalized spacial score (nSPS) is 19.3. The second-order valence-corrected chi connectivity index (χ2v) is 6.15. The van der Waals surface area contributed by atoms with Crippen molar-refractivity contribution in [2.45, 2.75) is 26.8 Å². The summed E-state index contributed by atoms with van der Waals surface area (Å²) >= 11 is 0. The van der Waals surface area contributed by atoms with Gasteiger partial charge in [0.1, 0.15) is 0 Å². The third kappa shape index (κ3) is 2.31. The van der Waals surface area contributed by atoms with E-state index in [2.05, 4.69) is 51.9 Å². The number of nitrogens with zero attached hydrogens (tertiary/aromatic N) is 1. The molecule has 3 heteroatoms. The first-order chi connectivity index (χ1) is 8.93. The molecule has 1 aromatic carbocycles. The fraction of sp³-hybridized carbons (Fsp3) is 0.625. The Morgan fingerprint density at radius 1 is 1.21 bits per heavy atom. The van der Waals surface area contributed by atoms with Gasteiger partial charge in [-0.05, 0) is 57.1 Å². The minimum absolute atomic E-state index is 0.0654. The Morgan fingerprint density at radius 3 is 2.26 bits per heavy atom. The Bertz CT molecular complexity index is 459. The number of aryl methyl sites for hydroxylation is 1. The van der Waals surface area contributed by atoms with Crippen molar-refractivity contribution >= 4 is 0 Å². The van der Waals surface area contributed by atoms with E-state index in [0.717, 1.165) is 13.2 Å². The van der Waals surface area contributed by atoms with E-state index in [9.17, 15) is 0 Å². The molecule has 1 unspecified atom stereocenters. The number of benzene rings is 1. The molecule has 19 heavy (non-hydrogen) atoms. The lowest BCUT2D eigenvalue weighted by molar-refractivity contribution is -0.145. The molecule has 1 heterocycles. The van der Waals surface area contributed by atoms with Gasteiger partial charge in [0.2, 0.25) is 0 Å². The van der Waals surface area contributed by atoms with Crippen LogP contribution >= 0.6 is 0 Å². The van der Waals surface area contributed by atoms with Crippen molar-refractivity contribution < 1.29 is 4.74 Å². The number of nitrogens with two attached hydrogens (primary N) is 1. The van der Waals surface area contributed by atoms with E-state index in [-0.39, 0.29) is 5.41 Å². The van der Waals surface area contributed by atoms with Crippen LogP contribution in [0.15, 0.2) is 12.1 Å². The molecule has 0 radical (unpaired) electrons. The van der Waals surface area contributed by atoms with E-state index >= 15 is 0 Å². The first-order valence-corrected chi connectivity index (χ1v) is 6.94. The van der Waals surface area contributed by atoms with Gasteiger partial charge in [0, 0.05) is 18.0 Å². The van der Waals surface area contributed by atoms with E-state index in [1.165, 1.54) is 22.3 Å². The maximum atomic E-state index is 6.06. The van der Waals surface area contributed by atoms with Crippen molar-refractivity contribution in [3.63, 3.8) is 0 Å². The maximum Gasteiger partial charge on any atom is 0.0575 e. The molecule has 1 saturated heterocycles. The topological polar surface area (TPSA) is 38.5 Å². The maximum absolute atomic E-state index is 6.06. The molecular formula is C16H26N2O. The van der Waals surface area contributed by atoms with E-state index in [0.29, 0.717) is 12.6 Å². The van der Waals surface area contributed by atoms with Gasteiger partial charge in [-0.15, -0.1) is 0 Å². The fourth-order valence-corrected chi connectivity index (χ4v) is 3.18.